The third-order valence-electron chi connectivity index (χ3n) is 6.37. The number of nitrogens with zero attached hydrogens (tertiary/aromatic N) is 5. The molecular formula is C26H25Cl2N5O3. The van der Waals surface area contributed by atoms with Crippen molar-refractivity contribution >= 4 is 40.8 Å². The molecule has 1 saturated heterocycles. The zero-order valence-corrected chi connectivity index (χ0v) is 21.2. The lowest BCUT2D eigenvalue weighted by molar-refractivity contribution is -0.0281. The van der Waals surface area contributed by atoms with E-state index < -0.39 is 6.09 Å². The summed E-state index contributed by atoms with van der Waals surface area (Å²) in [6.07, 6.45) is 0.480. The molecule has 186 valence electrons. The number of amides is 1. The summed E-state index contributed by atoms with van der Waals surface area (Å²) in [5.41, 5.74) is 3.76. The van der Waals surface area contributed by atoms with Crippen LogP contribution >= 0.6 is 23.2 Å². The number of carbonyl (C=O) groups is 1. The lowest BCUT2D eigenvalue weighted by Gasteiger charge is -2.32. The maximum Gasteiger partial charge on any atom is 0.413 e. The van der Waals surface area contributed by atoms with Crippen molar-refractivity contribution in [2.75, 3.05) is 31.1 Å². The highest BCUT2D eigenvalue weighted by atomic mass is 35.5. The maximum absolute atomic E-state index is 12.3. The van der Waals surface area contributed by atoms with Gasteiger partial charge in [0.15, 0.2) is 5.65 Å². The van der Waals surface area contributed by atoms with Gasteiger partial charge >= 0.3 is 6.09 Å². The van der Waals surface area contributed by atoms with Gasteiger partial charge in [0.05, 0.1) is 31.1 Å². The molecular weight excluding hydrogens is 501 g/mol. The van der Waals surface area contributed by atoms with Crippen LogP contribution in [0, 0.1) is 0 Å². The van der Waals surface area contributed by atoms with Crippen LogP contribution in [0.3, 0.4) is 0 Å². The summed E-state index contributed by atoms with van der Waals surface area (Å²) in [4.78, 5) is 20.6. The van der Waals surface area contributed by atoms with E-state index in [1.807, 2.05) is 24.3 Å². The molecule has 0 spiro atoms. The van der Waals surface area contributed by atoms with Gasteiger partial charge in [-0.25, -0.2) is 9.78 Å². The number of aromatic nitrogens is 3. The van der Waals surface area contributed by atoms with Crippen LogP contribution < -0.4 is 4.90 Å². The number of hydrogen-bond donors (Lipinski definition) is 1. The molecule has 5 rings (SSSR count). The standard InChI is InChI=1S/C26H25Cl2N5O3/c1-2-31-11-12-36-23(16-31)18-5-3-17(4-6-18)22-14-25(33-24(30-22)9-10-29-33)32(26(34)35)15-19-7-8-20(27)13-21(19)28/h3-10,13-14,23H,2,11-12,15-16H2,1H3,(H,34,35). The maximum atomic E-state index is 12.3. The van der Waals surface area contributed by atoms with E-state index in [9.17, 15) is 9.90 Å². The summed E-state index contributed by atoms with van der Waals surface area (Å²) in [5.74, 6) is 0.358. The van der Waals surface area contributed by atoms with Crippen LogP contribution in [-0.4, -0.2) is 56.9 Å². The summed E-state index contributed by atoms with van der Waals surface area (Å²) in [5, 5.41) is 15.3. The van der Waals surface area contributed by atoms with Crippen molar-refractivity contribution in [1.29, 1.82) is 0 Å². The normalized spacial score (nSPS) is 16.4. The quantitative estimate of drug-likeness (QED) is 0.343. The van der Waals surface area contributed by atoms with E-state index in [0.717, 1.165) is 30.8 Å². The van der Waals surface area contributed by atoms with E-state index in [-0.39, 0.29) is 12.6 Å². The van der Waals surface area contributed by atoms with Gasteiger partial charge in [-0.1, -0.05) is 60.5 Å². The first-order valence-corrected chi connectivity index (χ1v) is 12.4. The Kier molecular flexibility index (Phi) is 7.11. The van der Waals surface area contributed by atoms with E-state index in [1.54, 1.807) is 36.5 Å². The third kappa shape index (κ3) is 5.03. The fourth-order valence-corrected chi connectivity index (χ4v) is 4.83. The Hall–Kier alpha value is -3.17. The molecule has 0 saturated carbocycles. The Morgan fingerprint density at radius 1 is 1.17 bits per heavy atom. The SMILES string of the molecule is CCN1CCOC(c2ccc(-c3cc(N(Cc4ccc(Cl)cc4Cl)C(=O)O)n4nccc4n3)cc2)C1. The van der Waals surface area contributed by atoms with Crippen LogP contribution in [0.15, 0.2) is 60.8 Å². The first-order valence-electron chi connectivity index (χ1n) is 11.7. The molecule has 0 bridgehead atoms. The summed E-state index contributed by atoms with van der Waals surface area (Å²) in [6.45, 7) is 5.70. The molecule has 0 radical (unpaired) electrons. The molecule has 0 aliphatic carbocycles. The monoisotopic (exact) mass is 525 g/mol. The van der Waals surface area contributed by atoms with Crippen molar-refractivity contribution in [1.82, 2.24) is 19.5 Å². The van der Waals surface area contributed by atoms with Gasteiger partial charge in [-0.15, -0.1) is 0 Å². The number of rotatable bonds is 6. The molecule has 2 aromatic heterocycles. The highest BCUT2D eigenvalue weighted by Crippen LogP contribution is 2.30. The molecule has 36 heavy (non-hydrogen) atoms. The molecule has 1 fully saturated rings. The number of benzene rings is 2. The van der Waals surface area contributed by atoms with E-state index in [0.29, 0.717) is 39.4 Å². The van der Waals surface area contributed by atoms with Gasteiger partial charge in [0.1, 0.15) is 5.82 Å². The number of fused-ring (bicyclic) bond motifs is 1. The minimum Gasteiger partial charge on any atom is -0.465 e. The Morgan fingerprint density at radius 2 is 1.97 bits per heavy atom. The number of carboxylic acid groups (broad SMARTS) is 1. The highest BCUT2D eigenvalue weighted by Gasteiger charge is 2.23. The fraction of sp³-hybridized carbons (Fsp3) is 0.269. The summed E-state index contributed by atoms with van der Waals surface area (Å²) < 4.78 is 7.48. The summed E-state index contributed by atoms with van der Waals surface area (Å²) >= 11 is 12.3. The second kappa shape index (κ2) is 10.4. The molecule has 1 unspecified atom stereocenters. The number of hydrogen-bond acceptors (Lipinski definition) is 5. The molecule has 1 amide bonds. The Morgan fingerprint density at radius 3 is 2.69 bits per heavy atom. The van der Waals surface area contributed by atoms with Crippen molar-refractivity contribution in [3.63, 3.8) is 0 Å². The Bertz CT molecular complexity index is 1390. The molecule has 1 atom stereocenters. The zero-order chi connectivity index (χ0) is 25.2. The second-order valence-electron chi connectivity index (χ2n) is 8.58. The summed E-state index contributed by atoms with van der Waals surface area (Å²) in [7, 11) is 0. The first kappa shape index (κ1) is 24.5. The van der Waals surface area contributed by atoms with Gasteiger partial charge in [0.2, 0.25) is 0 Å². The van der Waals surface area contributed by atoms with Crippen molar-refractivity contribution in [2.24, 2.45) is 0 Å². The largest absolute Gasteiger partial charge is 0.465 e. The number of morpholine rings is 1. The lowest BCUT2D eigenvalue weighted by Crippen LogP contribution is -2.38. The Labute approximate surface area is 218 Å². The number of halogens is 2. The van der Waals surface area contributed by atoms with Gasteiger partial charge in [0.25, 0.3) is 0 Å². The van der Waals surface area contributed by atoms with Crippen LogP contribution in [0.5, 0.6) is 0 Å². The van der Waals surface area contributed by atoms with Gasteiger partial charge in [0, 0.05) is 40.8 Å². The van der Waals surface area contributed by atoms with Crippen LogP contribution in [0.25, 0.3) is 16.9 Å². The molecule has 1 N–H and O–H groups in total. The molecule has 4 aromatic rings. The molecule has 10 heteroatoms. The zero-order valence-electron chi connectivity index (χ0n) is 19.6. The topological polar surface area (TPSA) is 83.2 Å². The predicted molar refractivity (Wildman–Crippen MR) is 140 cm³/mol. The van der Waals surface area contributed by atoms with Gasteiger partial charge < -0.3 is 9.84 Å². The molecule has 1 aliphatic rings. The van der Waals surface area contributed by atoms with Crippen molar-refractivity contribution in [3.8, 4) is 11.3 Å². The highest BCUT2D eigenvalue weighted by molar-refractivity contribution is 6.35. The minimum absolute atomic E-state index is 0.0234. The smallest absolute Gasteiger partial charge is 0.413 e. The van der Waals surface area contributed by atoms with Crippen LogP contribution in [-0.2, 0) is 11.3 Å². The van der Waals surface area contributed by atoms with E-state index in [4.69, 9.17) is 32.9 Å². The number of likely N-dealkylation sites (N-methyl/N-ethyl adjacent to an activating group) is 1. The number of ether oxygens (including phenoxy) is 1. The van der Waals surface area contributed by atoms with Crippen molar-refractivity contribution in [2.45, 2.75) is 19.6 Å². The minimum atomic E-state index is -1.14. The van der Waals surface area contributed by atoms with Crippen molar-refractivity contribution < 1.29 is 14.6 Å². The van der Waals surface area contributed by atoms with Crippen LogP contribution in [0.1, 0.15) is 24.2 Å². The molecule has 2 aromatic carbocycles. The molecule has 8 nitrogen and oxygen atoms in total. The van der Waals surface area contributed by atoms with E-state index in [1.165, 1.54) is 9.42 Å². The first-order chi connectivity index (χ1) is 17.4. The molecule has 1 aliphatic heterocycles. The second-order valence-corrected chi connectivity index (χ2v) is 9.42. The summed E-state index contributed by atoms with van der Waals surface area (Å²) in [6, 6.07) is 16.5. The van der Waals surface area contributed by atoms with Crippen LogP contribution in [0.2, 0.25) is 10.0 Å². The third-order valence-corrected chi connectivity index (χ3v) is 6.95. The number of anilines is 1. The van der Waals surface area contributed by atoms with Crippen molar-refractivity contribution in [3.05, 3.63) is 82.0 Å². The van der Waals surface area contributed by atoms with Gasteiger partial charge in [-0.3, -0.25) is 9.80 Å². The molecule has 3 heterocycles. The lowest BCUT2D eigenvalue weighted by atomic mass is 10.0. The predicted octanol–water partition coefficient (Wildman–Crippen LogP) is 5.78. The van der Waals surface area contributed by atoms with E-state index >= 15 is 0 Å². The van der Waals surface area contributed by atoms with Gasteiger partial charge in [-0.05, 0) is 29.8 Å². The van der Waals surface area contributed by atoms with Crippen LogP contribution in [0.4, 0.5) is 10.6 Å². The van der Waals surface area contributed by atoms with Gasteiger partial charge in [-0.2, -0.15) is 9.61 Å². The average molecular weight is 526 g/mol. The average Bonchev–Trinajstić information content (AvgIpc) is 3.37. The van der Waals surface area contributed by atoms with E-state index in [2.05, 4.69) is 16.9 Å². The Balaban J connectivity index is 1.49. The fourth-order valence-electron chi connectivity index (χ4n) is 4.36.